The van der Waals surface area contributed by atoms with E-state index >= 15 is 0 Å². The van der Waals surface area contributed by atoms with E-state index < -0.39 is 0 Å². The van der Waals surface area contributed by atoms with Gasteiger partial charge in [0, 0.05) is 0 Å². The second kappa shape index (κ2) is 5.56. The number of hydrogen-bond acceptors (Lipinski definition) is 0. The normalized spacial score (nSPS) is 37.9. The van der Waals surface area contributed by atoms with Gasteiger partial charge in [0.15, 0.2) is 0 Å². The van der Waals surface area contributed by atoms with E-state index in [0.717, 1.165) is 23.7 Å². The van der Waals surface area contributed by atoms with E-state index in [1.807, 2.05) is 0 Å². The molecule has 1 fully saturated rings. The van der Waals surface area contributed by atoms with E-state index in [2.05, 4.69) is 41.5 Å². The van der Waals surface area contributed by atoms with Gasteiger partial charge in [-0.1, -0.05) is 67.2 Å². The highest BCUT2D eigenvalue weighted by Gasteiger charge is 2.49. The predicted molar refractivity (Wildman–Crippen MR) is 73.5 cm³/mol. The van der Waals surface area contributed by atoms with Gasteiger partial charge >= 0.3 is 0 Å². The van der Waals surface area contributed by atoms with Crippen LogP contribution in [0.15, 0.2) is 0 Å². The molecule has 0 aromatic heterocycles. The highest BCUT2D eigenvalue weighted by atomic mass is 14.5. The minimum atomic E-state index is 0.657. The van der Waals surface area contributed by atoms with Crippen LogP contribution >= 0.6 is 0 Å². The van der Waals surface area contributed by atoms with Crippen LogP contribution in [-0.4, -0.2) is 0 Å². The second-order valence-electron chi connectivity index (χ2n) is 6.50. The molecule has 0 aromatic rings. The first kappa shape index (κ1) is 14.1. The van der Waals surface area contributed by atoms with E-state index in [-0.39, 0.29) is 0 Å². The van der Waals surface area contributed by atoms with Crippen molar-refractivity contribution in [2.45, 2.75) is 73.6 Å². The Bertz CT molecular complexity index is 208. The van der Waals surface area contributed by atoms with E-state index in [0.29, 0.717) is 5.41 Å². The maximum absolute atomic E-state index is 2.50. The summed E-state index contributed by atoms with van der Waals surface area (Å²) in [6.45, 7) is 14.5. The zero-order valence-corrected chi connectivity index (χ0v) is 12.3. The Morgan fingerprint density at radius 1 is 1.25 bits per heavy atom. The summed E-state index contributed by atoms with van der Waals surface area (Å²) in [4.78, 5) is 0. The van der Waals surface area contributed by atoms with Gasteiger partial charge in [-0.25, -0.2) is 0 Å². The standard InChI is InChI=1S/C16H32/c1-7-10-12(4)14(8-2)15-11-16(6,9-3)13(15)5/h12-15H,7-11H2,1-6H3. The van der Waals surface area contributed by atoms with Crippen LogP contribution < -0.4 is 0 Å². The Kier molecular flexibility index (Phi) is 4.88. The van der Waals surface area contributed by atoms with E-state index in [1.54, 1.807) is 0 Å². The summed E-state index contributed by atoms with van der Waals surface area (Å²) in [5.41, 5.74) is 0.657. The third-order valence-electron chi connectivity index (χ3n) is 5.75. The molecule has 0 radical (unpaired) electrons. The summed E-state index contributed by atoms with van der Waals surface area (Å²) in [6.07, 6.45) is 7.00. The lowest BCUT2D eigenvalue weighted by atomic mass is 9.49. The quantitative estimate of drug-likeness (QED) is 0.557. The molecule has 0 bridgehead atoms. The monoisotopic (exact) mass is 224 g/mol. The van der Waals surface area contributed by atoms with Gasteiger partial charge in [0.05, 0.1) is 0 Å². The molecule has 0 aliphatic heterocycles. The molecule has 1 aliphatic carbocycles. The van der Waals surface area contributed by atoms with Crippen LogP contribution in [0.5, 0.6) is 0 Å². The molecule has 0 heteroatoms. The van der Waals surface area contributed by atoms with Gasteiger partial charge in [0.1, 0.15) is 0 Å². The summed E-state index contributed by atoms with van der Waals surface area (Å²) < 4.78 is 0. The third kappa shape index (κ3) is 2.46. The molecule has 0 heterocycles. The van der Waals surface area contributed by atoms with Crippen LogP contribution in [0.1, 0.15) is 73.6 Å². The molecule has 5 unspecified atom stereocenters. The Morgan fingerprint density at radius 2 is 1.88 bits per heavy atom. The predicted octanol–water partition coefficient (Wildman–Crippen LogP) is 5.52. The Labute approximate surface area is 103 Å². The average Bonchev–Trinajstić information content (AvgIpc) is 2.28. The van der Waals surface area contributed by atoms with Crippen molar-refractivity contribution in [3.63, 3.8) is 0 Å². The second-order valence-corrected chi connectivity index (χ2v) is 6.50. The maximum atomic E-state index is 2.50. The molecule has 96 valence electrons. The third-order valence-corrected chi connectivity index (χ3v) is 5.75. The largest absolute Gasteiger partial charge is 0.0654 e. The molecule has 0 aromatic carbocycles. The first-order chi connectivity index (χ1) is 7.50. The lowest BCUT2D eigenvalue weighted by molar-refractivity contribution is -0.0663. The molecule has 0 nitrogen and oxygen atoms in total. The van der Waals surface area contributed by atoms with Crippen molar-refractivity contribution in [2.24, 2.45) is 29.1 Å². The first-order valence-corrected chi connectivity index (χ1v) is 7.50. The maximum Gasteiger partial charge on any atom is -0.0297 e. The lowest BCUT2D eigenvalue weighted by Crippen LogP contribution is -2.48. The van der Waals surface area contributed by atoms with Crippen molar-refractivity contribution in [1.29, 1.82) is 0 Å². The van der Waals surface area contributed by atoms with E-state index in [9.17, 15) is 0 Å². The number of hydrogen-bond donors (Lipinski definition) is 0. The lowest BCUT2D eigenvalue weighted by Gasteiger charge is -2.56. The summed E-state index contributed by atoms with van der Waals surface area (Å²) in [5.74, 6) is 3.87. The highest BCUT2D eigenvalue weighted by Crippen LogP contribution is 2.57. The minimum Gasteiger partial charge on any atom is -0.0654 e. The summed E-state index contributed by atoms with van der Waals surface area (Å²) in [7, 11) is 0. The van der Waals surface area contributed by atoms with Crippen molar-refractivity contribution >= 4 is 0 Å². The Balaban J connectivity index is 2.57. The van der Waals surface area contributed by atoms with Gasteiger partial charge in [-0.05, 0) is 35.5 Å². The van der Waals surface area contributed by atoms with Crippen molar-refractivity contribution in [2.75, 3.05) is 0 Å². The van der Waals surface area contributed by atoms with Crippen LogP contribution in [0.3, 0.4) is 0 Å². The molecular formula is C16H32. The molecule has 5 atom stereocenters. The van der Waals surface area contributed by atoms with Gasteiger partial charge in [0.2, 0.25) is 0 Å². The zero-order valence-electron chi connectivity index (χ0n) is 12.3. The topological polar surface area (TPSA) is 0 Å². The highest BCUT2D eigenvalue weighted by molar-refractivity contribution is 4.98. The van der Waals surface area contributed by atoms with Crippen LogP contribution in [0.2, 0.25) is 0 Å². The summed E-state index contributed by atoms with van der Waals surface area (Å²) in [5, 5.41) is 0. The van der Waals surface area contributed by atoms with Crippen molar-refractivity contribution in [3.8, 4) is 0 Å². The minimum absolute atomic E-state index is 0.657. The van der Waals surface area contributed by atoms with Crippen molar-refractivity contribution in [3.05, 3.63) is 0 Å². The van der Waals surface area contributed by atoms with Crippen LogP contribution in [0, 0.1) is 29.1 Å². The fourth-order valence-corrected chi connectivity index (χ4v) is 4.04. The van der Waals surface area contributed by atoms with Crippen molar-refractivity contribution < 1.29 is 0 Å². The van der Waals surface area contributed by atoms with Gasteiger partial charge < -0.3 is 0 Å². The first-order valence-electron chi connectivity index (χ1n) is 7.50. The van der Waals surface area contributed by atoms with Gasteiger partial charge in [-0.2, -0.15) is 0 Å². The molecule has 16 heavy (non-hydrogen) atoms. The van der Waals surface area contributed by atoms with E-state index in [4.69, 9.17) is 0 Å². The molecule has 1 rings (SSSR count). The Hall–Kier alpha value is 0. The molecular weight excluding hydrogens is 192 g/mol. The number of rotatable bonds is 6. The SMILES string of the molecule is CCCC(C)C(CC)C1CC(C)(CC)C1C. The molecule has 1 aliphatic rings. The average molecular weight is 224 g/mol. The molecule has 0 amide bonds. The van der Waals surface area contributed by atoms with Crippen LogP contribution in [0.4, 0.5) is 0 Å². The van der Waals surface area contributed by atoms with Gasteiger partial charge in [-0.15, -0.1) is 0 Å². The molecule has 1 saturated carbocycles. The summed E-state index contributed by atoms with van der Waals surface area (Å²) in [6, 6.07) is 0. The zero-order chi connectivity index (χ0) is 12.3. The fraction of sp³-hybridized carbons (Fsp3) is 1.00. The fourth-order valence-electron chi connectivity index (χ4n) is 4.04. The van der Waals surface area contributed by atoms with Crippen LogP contribution in [-0.2, 0) is 0 Å². The molecule has 0 spiro atoms. The summed E-state index contributed by atoms with van der Waals surface area (Å²) >= 11 is 0. The van der Waals surface area contributed by atoms with Crippen molar-refractivity contribution in [1.82, 2.24) is 0 Å². The van der Waals surface area contributed by atoms with Gasteiger partial charge in [-0.3, -0.25) is 0 Å². The van der Waals surface area contributed by atoms with Crippen LogP contribution in [0.25, 0.3) is 0 Å². The molecule has 0 saturated heterocycles. The van der Waals surface area contributed by atoms with Gasteiger partial charge in [0.25, 0.3) is 0 Å². The smallest absolute Gasteiger partial charge is 0.0297 e. The van der Waals surface area contributed by atoms with E-state index in [1.165, 1.54) is 32.1 Å². The molecule has 0 N–H and O–H groups in total. The Morgan fingerprint density at radius 3 is 2.25 bits per heavy atom.